The van der Waals surface area contributed by atoms with Gasteiger partial charge in [0, 0.05) is 12.1 Å². The summed E-state index contributed by atoms with van der Waals surface area (Å²) in [5.41, 5.74) is -3.73. The fourth-order valence-electron chi connectivity index (χ4n) is 3.53. The third kappa shape index (κ3) is 11.8. The van der Waals surface area contributed by atoms with Crippen molar-refractivity contribution >= 4 is 23.4 Å². The number of thioether (sulfide) groups is 1. The van der Waals surface area contributed by atoms with Gasteiger partial charge in [-0.25, -0.2) is 0 Å². The van der Waals surface area contributed by atoms with E-state index in [0.29, 0.717) is 18.2 Å². The van der Waals surface area contributed by atoms with Crippen LogP contribution in [0.25, 0.3) is 0 Å². The van der Waals surface area contributed by atoms with Gasteiger partial charge in [0.1, 0.15) is 5.60 Å². The Balaban J connectivity index is 2.20. The van der Waals surface area contributed by atoms with Crippen molar-refractivity contribution in [1.82, 2.24) is 0 Å². The van der Waals surface area contributed by atoms with Crippen LogP contribution < -0.4 is 5.32 Å². The zero-order valence-electron chi connectivity index (χ0n) is 21.0. The van der Waals surface area contributed by atoms with E-state index in [1.807, 2.05) is 0 Å². The normalized spacial score (nSPS) is 14.1. The number of alkyl halides is 8. The molecule has 0 saturated heterocycles. The number of carbonyl (C=O) groups is 1. The summed E-state index contributed by atoms with van der Waals surface area (Å²) in [6.45, 7) is 1.28. The van der Waals surface area contributed by atoms with E-state index in [1.54, 1.807) is 0 Å². The standard InChI is InChI=1S/C25H32F8N2O2S/c1-22(37,21(36)35-19-11-10-18(17-34)20(16-19)24(28,29)30)12-7-5-3-2-4-6-8-14-38-15-9-13-23(26,27)25(31,32)33/h10-11,16,37H,2-9,12-15H2,1H3,(H,35,36). The van der Waals surface area contributed by atoms with Gasteiger partial charge in [-0.15, -0.1) is 0 Å². The van der Waals surface area contributed by atoms with Gasteiger partial charge >= 0.3 is 18.3 Å². The minimum Gasteiger partial charge on any atom is -0.380 e. The fraction of sp³-hybridized carbons (Fsp3) is 0.680. The highest BCUT2D eigenvalue weighted by molar-refractivity contribution is 7.99. The lowest BCUT2D eigenvalue weighted by Crippen LogP contribution is -2.40. The van der Waals surface area contributed by atoms with E-state index in [2.05, 4.69) is 5.32 Å². The molecular weight excluding hydrogens is 544 g/mol. The highest BCUT2D eigenvalue weighted by atomic mass is 32.2. The average Bonchev–Trinajstić information content (AvgIpc) is 2.80. The second-order valence-electron chi connectivity index (χ2n) is 9.24. The Labute approximate surface area is 221 Å². The van der Waals surface area contributed by atoms with Gasteiger partial charge in [0.25, 0.3) is 5.91 Å². The van der Waals surface area contributed by atoms with Crippen molar-refractivity contribution in [3.63, 3.8) is 0 Å². The summed E-state index contributed by atoms with van der Waals surface area (Å²) in [6, 6.07) is 4.21. The van der Waals surface area contributed by atoms with Gasteiger partial charge in [-0.05, 0) is 55.9 Å². The number of halogens is 8. The maximum absolute atomic E-state index is 13.1. The van der Waals surface area contributed by atoms with Crippen LogP contribution >= 0.6 is 11.8 Å². The zero-order chi connectivity index (χ0) is 29.0. The molecule has 1 amide bonds. The SMILES string of the molecule is CC(O)(CCCCCCCCCSCCCC(F)(F)C(F)(F)F)C(=O)Nc1ccc(C#N)c(C(F)(F)F)c1. The molecule has 1 rings (SSSR count). The van der Waals surface area contributed by atoms with Gasteiger partial charge in [0.15, 0.2) is 0 Å². The Morgan fingerprint density at radius 1 is 0.895 bits per heavy atom. The summed E-state index contributed by atoms with van der Waals surface area (Å²) >= 11 is 1.35. The van der Waals surface area contributed by atoms with Crippen LogP contribution in [0.4, 0.5) is 40.8 Å². The number of nitriles is 1. The first kappa shape index (κ1) is 34.0. The molecule has 0 heterocycles. The van der Waals surface area contributed by atoms with E-state index >= 15 is 0 Å². The number of benzene rings is 1. The number of amides is 1. The highest BCUT2D eigenvalue weighted by Crippen LogP contribution is 2.39. The molecule has 0 saturated carbocycles. The van der Waals surface area contributed by atoms with Gasteiger partial charge in [0.05, 0.1) is 17.2 Å². The Kier molecular flexibility index (Phi) is 13.3. The maximum atomic E-state index is 13.1. The zero-order valence-corrected chi connectivity index (χ0v) is 21.8. The number of aliphatic hydroxyl groups is 1. The van der Waals surface area contributed by atoms with E-state index in [1.165, 1.54) is 24.8 Å². The maximum Gasteiger partial charge on any atom is 0.453 e. The molecule has 0 aromatic heterocycles. The minimum atomic E-state index is -5.50. The second kappa shape index (κ2) is 14.9. The van der Waals surface area contributed by atoms with Crippen LogP contribution in [-0.2, 0) is 11.0 Å². The van der Waals surface area contributed by atoms with Crippen LogP contribution in [0.1, 0.15) is 82.3 Å². The van der Waals surface area contributed by atoms with Gasteiger partial charge in [-0.1, -0.05) is 38.5 Å². The molecule has 13 heteroatoms. The van der Waals surface area contributed by atoms with Crippen LogP contribution in [0.3, 0.4) is 0 Å². The van der Waals surface area contributed by atoms with E-state index in [4.69, 9.17) is 5.26 Å². The van der Waals surface area contributed by atoms with Crippen molar-refractivity contribution in [2.75, 3.05) is 16.8 Å². The largest absolute Gasteiger partial charge is 0.453 e. The van der Waals surface area contributed by atoms with Gasteiger partial charge in [-0.2, -0.15) is 52.1 Å². The topological polar surface area (TPSA) is 73.1 Å². The Morgan fingerprint density at radius 2 is 1.45 bits per heavy atom. The van der Waals surface area contributed by atoms with Crippen molar-refractivity contribution in [2.45, 2.75) is 95.0 Å². The molecule has 0 aliphatic heterocycles. The quantitative estimate of drug-likeness (QED) is 0.154. The van der Waals surface area contributed by atoms with Gasteiger partial charge in [-0.3, -0.25) is 4.79 Å². The smallest absolute Gasteiger partial charge is 0.380 e. The summed E-state index contributed by atoms with van der Waals surface area (Å²) in [6.07, 6.45) is -6.01. The molecule has 1 unspecified atom stereocenters. The predicted molar refractivity (Wildman–Crippen MR) is 130 cm³/mol. The number of hydrogen-bond acceptors (Lipinski definition) is 4. The molecule has 1 aromatic rings. The first-order valence-electron chi connectivity index (χ1n) is 12.2. The molecule has 1 aromatic carbocycles. The number of anilines is 1. The summed E-state index contributed by atoms with van der Waals surface area (Å²) in [5.74, 6) is -4.57. The molecule has 0 radical (unpaired) electrons. The molecule has 0 bridgehead atoms. The van der Waals surface area contributed by atoms with Crippen molar-refractivity contribution in [3.05, 3.63) is 29.3 Å². The van der Waals surface area contributed by atoms with Crippen molar-refractivity contribution in [1.29, 1.82) is 5.26 Å². The molecule has 4 nitrogen and oxygen atoms in total. The van der Waals surface area contributed by atoms with Crippen LogP contribution in [0.5, 0.6) is 0 Å². The lowest BCUT2D eigenvalue weighted by molar-refractivity contribution is -0.284. The summed E-state index contributed by atoms with van der Waals surface area (Å²) in [5, 5.41) is 21.5. The number of unbranched alkanes of at least 4 members (excludes halogenated alkanes) is 6. The predicted octanol–water partition coefficient (Wildman–Crippen LogP) is 8.10. The number of nitrogens with zero attached hydrogens (tertiary/aromatic N) is 1. The Bertz CT molecular complexity index is 927. The van der Waals surface area contributed by atoms with Crippen molar-refractivity contribution in [3.8, 4) is 6.07 Å². The van der Waals surface area contributed by atoms with Crippen LogP contribution in [0, 0.1) is 11.3 Å². The summed E-state index contributed by atoms with van der Waals surface area (Å²) in [4.78, 5) is 12.4. The third-order valence-electron chi connectivity index (χ3n) is 5.84. The molecule has 2 N–H and O–H groups in total. The highest BCUT2D eigenvalue weighted by Gasteiger charge is 2.56. The first-order valence-corrected chi connectivity index (χ1v) is 13.3. The van der Waals surface area contributed by atoms with E-state index in [-0.39, 0.29) is 24.3 Å². The summed E-state index contributed by atoms with van der Waals surface area (Å²) in [7, 11) is 0. The number of carbonyl (C=O) groups excluding carboxylic acids is 1. The Hall–Kier alpha value is -2.07. The van der Waals surface area contributed by atoms with Crippen molar-refractivity contribution < 1.29 is 45.0 Å². The molecule has 38 heavy (non-hydrogen) atoms. The van der Waals surface area contributed by atoms with Gasteiger partial charge < -0.3 is 10.4 Å². The fourth-order valence-corrected chi connectivity index (χ4v) is 4.49. The lowest BCUT2D eigenvalue weighted by atomic mass is 9.96. The monoisotopic (exact) mass is 576 g/mol. The number of rotatable bonds is 16. The minimum absolute atomic E-state index is 0.102. The first-order chi connectivity index (χ1) is 17.5. The van der Waals surface area contributed by atoms with E-state index in [9.17, 15) is 45.0 Å². The van der Waals surface area contributed by atoms with Crippen molar-refractivity contribution in [2.24, 2.45) is 0 Å². The van der Waals surface area contributed by atoms with Gasteiger partial charge in [0.2, 0.25) is 0 Å². The molecule has 0 fully saturated rings. The molecule has 1 atom stereocenters. The molecule has 0 aliphatic carbocycles. The number of nitrogens with one attached hydrogen (secondary N) is 1. The second-order valence-corrected chi connectivity index (χ2v) is 10.5. The number of hydrogen-bond donors (Lipinski definition) is 2. The van der Waals surface area contributed by atoms with E-state index < -0.39 is 47.3 Å². The molecule has 0 spiro atoms. The van der Waals surface area contributed by atoms with Crippen LogP contribution in [0.15, 0.2) is 18.2 Å². The lowest BCUT2D eigenvalue weighted by Gasteiger charge is -2.22. The third-order valence-corrected chi connectivity index (χ3v) is 6.99. The average molecular weight is 577 g/mol. The van der Waals surface area contributed by atoms with Crippen LogP contribution in [0.2, 0.25) is 0 Å². The molecule has 0 aliphatic rings. The molecular formula is C25H32F8N2O2S. The Morgan fingerprint density at radius 3 is 2.00 bits per heavy atom. The van der Waals surface area contributed by atoms with E-state index in [0.717, 1.165) is 50.7 Å². The van der Waals surface area contributed by atoms with Crippen LogP contribution in [-0.4, -0.2) is 40.2 Å². The summed E-state index contributed by atoms with van der Waals surface area (Å²) < 4.78 is 101. The molecule has 216 valence electrons.